The van der Waals surface area contributed by atoms with Crippen LogP contribution < -0.4 is 0 Å². The Morgan fingerprint density at radius 1 is 0.543 bits per heavy atom. The highest BCUT2D eigenvalue weighted by molar-refractivity contribution is 7.25. The lowest BCUT2D eigenvalue weighted by Crippen LogP contribution is -1.95. The molecule has 0 saturated heterocycles. The number of thiophene rings is 1. The van der Waals surface area contributed by atoms with Gasteiger partial charge in [-0.3, -0.25) is 0 Å². The summed E-state index contributed by atoms with van der Waals surface area (Å²) in [6.07, 6.45) is 0. The summed E-state index contributed by atoms with van der Waals surface area (Å²) in [6.45, 7) is 7.76. The molecule has 5 nitrogen and oxygen atoms in total. The molecule has 2 heterocycles. The van der Waals surface area contributed by atoms with Gasteiger partial charge < -0.3 is 4.57 Å². The Morgan fingerprint density at radius 3 is 1.98 bits per heavy atom. The Labute approximate surface area is 268 Å². The van der Waals surface area contributed by atoms with Gasteiger partial charge in [-0.25, -0.2) is 4.85 Å². The van der Waals surface area contributed by atoms with E-state index in [0.29, 0.717) is 33.5 Å². The van der Waals surface area contributed by atoms with E-state index in [2.05, 4.69) is 82.2 Å². The Morgan fingerprint density at radius 2 is 1.22 bits per heavy atom. The van der Waals surface area contributed by atoms with Crippen LogP contribution in [0.25, 0.3) is 74.8 Å². The third kappa shape index (κ3) is 3.97. The molecule has 0 N–H and O–H groups in total. The molecule has 8 rings (SSSR count). The van der Waals surface area contributed by atoms with Crippen molar-refractivity contribution in [1.29, 1.82) is 15.8 Å². The van der Waals surface area contributed by atoms with E-state index in [-0.39, 0.29) is 0 Å². The van der Waals surface area contributed by atoms with E-state index < -0.39 is 0 Å². The van der Waals surface area contributed by atoms with Crippen molar-refractivity contribution in [3.8, 4) is 46.1 Å². The van der Waals surface area contributed by atoms with E-state index >= 15 is 0 Å². The first-order valence-corrected chi connectivity index (χ1v) is 15.3. The second-order valence-corrected chi connectivity index (χ2v) is 12.0. The van der Waals surface area contributed by atoms with E-state index in [0.717, 1.165) is 38.6 Å². The van der Waals surface area contributed by atoms with Crippen LogP contribution >= 0.6 is 11.3 Å². The van der Waals surface area contributed by atoms with Gasteiger partial charge in [0.25, 0.3) is 0 Å². The van der Waals surface area contributed by atoms with Crippen LogP contribution in [0.2, 0.25) is 0 Å². The average Bonchev–Trinajstić information content (AvgIpc) is 3.65. The summed E-state index contributed by atoms with van der Waals surface area (Å²) in [4.78, 5) is 3.72. The molecule has 0 fully saturated rings. The molecule has 0 aliphatic rings. The molecule has 0 saturated carbocycles. The number of fused-ring (bicyclic) bond motifs is 6. The minimum Gasteiger partial charge on any atom is -0.309 e. The highest BCUT2D eigenvalue weighted by Crippen LogP contribution is 2.42. The van der Waals surface area contributed by atoms with E-state index in [9.17, 15) is 15.8 Å². The van der Waals surface area contributed by atoms with Gasteiger partial charge in [0.2, 0.25) is 0 Å². The number of hydrogen-bond acceptors (Lipinski definition) is 4. The molecule has 0 bridgehead atoms. The Kier molecular flexibility index (Phi) is 6.13. The second kappa shape index (κ2) is 10.5. The average molecular weight is 602 g/mol. The van der Waals surface area contributed by atoms with E-state index in [4.69, 9.17) is 6.57 Å². The summed E-state index contributed by atoms with van der Waals surface area (Å²) in [6, 6.07) is 44.3. The zero-order valence-corrected chi connectivity index (χ0v) is 24.9. The summed E-state index contributed by atoms with van der Waals surface area (Å²) in [7, 11) is 0. The third-order valence-corrected chi connectivity index (χ3v) is 9.70. The maximum absolute atomic E-state index is 9.94. The van der Waals surface area contributed by atoms with Crippen LogP contribution in [0.1, 0.15) is 16.7 Å². The van der Waals surface area contributed by atoms with Gasteiger partial charge in [-0.15, -0.1) is 11.3 Å². The number of hydrogen-bond donors (Lipinski definition) is 0. The minimum atomic E-state index is 0.427. The highest BCUT2D eigenvalue weighted by Gasteiger charge is 2.19. The van der Waals surface area contributed by atoms with Gasteiger partial charge in [0, 0.05) is 53.3 Å². The molecule has 0 aliphatic heterocycles. The van der Waals surface area contributed by atoms with Gasteiger partial charge in [-0.1, -0.05) is 54.6 Å². The van der Waals surface area contributed by atoms with Gasteiger partial charge in [0.05, 0.1) is 46.9 Å². The van der Waals surface area contributed by atoms with Crippen molar-refractivity contribution >= 4 is 59.0 Å². The molecule has 0 atom stereocenters. The second-order valence-electron chi connectivity index (χ2n) is 11.0. The van der Waals surface area contributed by atoms with Crippen molar-refractivity contribution in [2.45, 2.75) is 0 Å². The normalized spacial score (nSPS) is 11.0. The van der Waals surface area contributed by atoms with Crippen molar-refractivity contribution in [2.24, 2.45) is 0 Å². The van der Waals surface area contributed by atoms with Gasteiger partial charge >= 0.3 is 0 Å². The fraction of sp³-hybridized carbons (Fsp3) is 0. The lowest BCUT2D eigenvalue weighted by molar-refractivity contribution is 1.19. The quantitative estimate of drug-likeness (QED) is 0.189. The summed E-state index contributed by atoms with van der Waals surface area (Å²) >= 11 is 1.77. The maximum atomic E-state index is 9.94. The SMILES string of the molecule is [C-]#[N+]c1cccc(C#N)c1-c1ccc2c(c1)c1ccc(-c3c(C#N)cccc3C#N)cc1n2-c1ccc2sc3ccccc3c2c1. The van der Waals surface area contributed by atoms with Crippen LogP contribution in [0.5, 0.6) is 0 Å². The van der Waals surface area contributed by atoms with E-state index in [1.54, 1.807) is 47.7 Å². The molecule has 0 amide bonds. The monoisotopic (exact) mass is 601 g/mol. The molecular weight excluding hydrogens is 583 g/mol. The summed E-state index contributed by atoms with van der Waals surface area (Å²) in [5, 5.41) is 34.1. The molecule has 6 aromatic carbocycles. The first-order valence-electron chi connectivity index (χ1n) is 14.5. The zero-order valence-electron chi connectivity index (χ0n) is 24.1. The number of rotatable bonds is 3. The lowest BCUT2D eigenvalue weighted by Gasteiger charge is -2.11. The van der Waals surface area contributed by atoms with Crippen molar-refractivity contribution in [3.05, 3.63) is 143 Å². The van der Waals surface area contributed by atoms with Gasteiger partial charge in [0.1, 0.15) is 0 Å². The molecule has 2 aromatic heterocycles. The molecule has 46 heavy (non-hydrogen) atoms. The van der Waals surface area contributed by atoms with Gasteiger partial charge in [-0.2, -0.15) is 15.8 Å². The third-order valence-electron chi connectivity index (χ3n) is 8.55. The highest BCUT2D eigenvalue weighted by atomic mass is 32.1. The molecule has 210 valence electrons. The Hall–Kier alpha value is -6.70. The smallest absolute Gasteiger partial charge is 0.196 e. The fourth-order valence-electron chi connectivity index (χ4n) is 6.54. The van der Waals surface area contributed by atoms with Crippen LogP contribution in [0.3, 0.4) is 0 Å². The predicted octanol–water partition coefficient (Wildman–Crippen LogP) is 10.7. The first kappa shape index (κ1) is 26.9. The summed E-state index contributed by atoms with van der Waals surface area (Å²) in [5.41, 5.74) is 7.40. The number of nitriles is 3. The lowest BCUT2D eigenvalue weighted by atomic mass is 9.94. The van der Waals surface area contributed by atoms with E-state index in [1.165, 1.54) is 20.2 Å². The van der Waals surface area contributed by atoms with Crippen molar-refractivity contribution in [3.63, 3.8) is 0 Å². The number of nitrogens with zero attached hydrogens (tertiary/aromatic N) is 5. The topological polar surface area (TPSA) is 80.7 Å². The summed E-state index contributed by atoms with van der Waals surface area (Å²) in [5.74, 6) is 0. The zero-order chi connectivity index (χ0) is 31.4. The van der Waals surface area contributed by atoms with Crippen molar-refractivity contribution in [2.75, 3.05) is 0 Å². The molecule has 8 aromatic rings. The number of aromatic nitrogens is 1. The van der Waals surface area contributed by atoms with Gasteiger partial charge in [-0.05, 0) is 71.8 Å². The molecule has 0 unspecified atom stereocenters. The van der Waals surface area contributed by atoms with Crippen LogP contribution in [0.15, 0.2) is 115 Å². The first-order chi connectivity index (χ1) is 22.6. The van der Waals surface area contributed by atoms with Crippen LogP contribution in [-0.2, 0) is 0 Å². The Bertz CT molecular complexity index is 2690. The largest absolute Gasteiger partial charge is 0.309 e. The van der Waals surface area contributed by atoms with Crippen LogP contribution in [-0.4, -0.2) is 4.57 Å². The van der Waals surface area contributed by atoms with Crippen LogP contribution in [0, 0.1) is 40.6 Å². The molecule has 6 heteroatoms. The molecule has 0 aliphatic carbocycles. The Balaban J connectivity index is 1.47. The van der Waals surface area contributed by atoms with Gasteiger partial charge in [0.15, 0.2) is 5.69 Å². The van der Waals surface area contributed by atoms with E-state index in [1.807, 2.05) is 24.3 Å². The van der Waals surface area contributed by atoms with Crippen molar-refractivity contribution < 1.29 is 0 Å². The fourth-order valence-corrected chi connectivity index (χ4v) is 7.63. The minimum absolute atomic E-state index is 0.427. The predicted molar refractivity (Wildman–Crippen MR) is 185 cm³/mol. The molecular formula is C40H19N5S. The van der Waals surface area contributed by atoms with Crippen LogP contribution in [0.4, 0.5) is 5.69 Å². The molecule has 0 radical (unpaired) electrons. The standard InChI is InChI=1S/C40H19N5S/c1-44-34-10-5-8-28(23-43)40(34)24-13-16-35-32(18-24)30-15-12-25(39-26(21-41)6-4-7-27(39)22-42)19-36(30)45(35)29-14-17-38-33(20-29)31-9-2-3-11-37(31)46-38/h2-20H. The van der Waals surface area contributed by atoms with Crippen molar-refractivity contribution in [1.82, 2.24) is 4.57 Å². The molecule has 0 spiro atoms. The maximum Gasteiger partial charge on any atom is 0.196 e. The summed E-state index contributed by atoms with van der Waals surface area (Å²) < 4.78 is 4.65. The number of benzene rings is 6.